The maximum Gasteiger partial charge on any atom is 0.123 e. The molecule has 0 unspecified atom stereocenters. The van der Waals surface area contributed by atoms with Crippen LogP contribution in [0.2, 0.25) is 0 Å². The second kappa shape index (κ2) is 5.64. The van der Waals surface area contributed by atoms with E-state index in [1.807, 2.05) is 30.1 Å². The summed E-state index contributed by atoms with van der Waals surface area (Å²) in [5.41, 5.74) is 3.25. The van der Waals surface area contributed by atoms with Crippen molar-refractivity contribution in [2.75, 3.05) is 14.2 Å². The van der Waals surface area contributed by atoms with Gasteiger partial charge in [-0.05, 0) is 20.0 Å². The number of aromatic nitrogens is 3. The number of hydrogen-bond acceptors (Lipinski definition) is 4. The van der Waals surface area contributed by atoms with Crippen LogP contribution < -0.4 is 10.1 Å². The van der Waals surface area contributed by atoms with Crippen molar-refractivity contribution in [3.63, 3.8) is 0 Å². The molecule has 96 valence electrons. The molecule has 5 heteroatoms. The van der Waals surface area contributed by atoms with Gasteiger partial charge in [-0.25, -0.2) is 4.68 Å². The van der Waals surface area contributed by atoms with E-state index in [1.54, 1.807) is 7.11 Å². The molecule has 0 atom stereocenters. The molecular formula is C13H18N4O. The van der Waals surface area contributed by atoms with Crippen molar-refractivity contribution in [2.24, 2.45) is 0 Å². The van der Waals surface area contributed by atoms with Crippen molar-refractivity contribution >= 4 is 0 Å². The third-order valence-corrected chi connectivity index (χ3v) is 2.71. The summed E-state index contributed by atoms with van der Waals surface area (Å²) in [6.07, 6.45) is 1.94. The highest BCUT2D eigenvalue weighted by atomic mass is 16.5. The molecule has 0 saturated carbocycles. The lowest BCUT2D eigenvalue weighted by molar-refractivity contribution is 0.407. The molecule has 0 saturated heterocycles. The van der Waals surface area contributed by atoms with Crippen molar-refractivity contribution in [1.29, 1.82) is 0 Å². The minimum absolute atomic E-state index is 0.668. The van der Waals surface area contributed by atoms with Gasteiger partial charge >= 0.3 is 0 Å². The van der Waals surface area contributed by atoms with Gasteiger partial charge in [0.1, 0.15) is 5.75 Å². The quantitative estimate of drug-likeness (QED) is 0.865. The van der Waals surface area contributed by atoms with E-state index in [-0.39, 0.29) is 0 Å². The van der Waals surface area contributed by atoms with E-state index in [0.717, 1.165) is 23.6 Å². The van der Waals surface area contributed by atoms with E-state index in [2.05, 4.69) is 28.6 Å². The SMILES string of the molecule is CNCc1cn(Cc2cc(C)ccc2OC)nn1. The molecule has 0 aliphatic heterocycles. The largest absolute Gasteiger partial charge is 0.496 e. The van der Waals surface area contributed by atoms with E-state index in [1.165, 1.54) is 5.56 Å². The molecule has 0 fully saturated rings. The first-order valence-corrected chi connectivity index (χ1v) is 5.90. The fraction of sp³-hybridized carbons (Fsp3) is 0.385. The number of nitrogens with one attached hydrogen (secondary N) is 1. The van der Waals surface area contributed by atoms with Crippen molar-refractivity contribution < 1.29 is 4.74 Å². The molecule has 0 spiro atoms. The van der Waals surface area contributed by atoms with Crippen molar-refractivity contribution in [3.8, 4) is 5.75 Å². The highest BCUT2D eigenvalue weighted by molar-refractivity contribution is 5.36. The number of ether oxygens (including phenoxy) is 1. The summed E-state index contributed by atoms with van der Waals surface area (Å²) in [5, 5.41) is 11.2. The average molecular weight is 246 g/mol. The monoisotopic (exact) mass is 246 g/mol. The highest BCUT2D eigenvalue weighted by Gasteiger charge is 2.06. The predicted octanol–water partition coefficient (Wildman–Crippen LogP) is 1.36. The minimum atomic E-state index is 0.668. The molecule has 5 nitrogen and oxygen atoms in total. The average Bonchev–Trinajstić information content (AvgIpc) is 2.77. The van der Waals surface area contributed by atoms with Crippen LogP contribution >= 0.6 is 0 Å². The predicted molar refractivity (Wildman–Crippen MR) is 69.6 cm³/mol. The summed E-state index contributed by atoms with van der Waals surface area (Å²) < 4.78 is 7.18. The minimum Gasteiger partial charge on any atom is -0.496 e. The van der Waals surface area contributed by atoms with E-state index in [9.17, 15) is 0 Å². The number of hydrogen-bond donors (Lipinski definition) is 1. The molecular weight excluding hydrogens is 228 g/mol. The van der Waals surface area contributed by atoms with Crippen molar-refractivity contribution in [1.82, 2.24) is 20.3 Å². The van der Waals surface area contributed by atoms with E-state index in [0.29, 0.717) is 6.54 Å². The number of benzene rings is 1. The van der Waals surface area contributed by atoms with Crippen LogP contribution in [0.15, 0.2) is 24.4 Å². The smallest absolute Gasteiger partial charge is 0.123 e. The maximum absolute atomic E-state index is 5.35. The van der Waals surface area contributed by atoms with Gasteiger partial charge in [0, 0.05) is 12.1 Å². The van der Waals surface area contributed by atoms with E-state index in [4.69, 9.17) is 4.74 Å². The molecule has 18 heavy (non-hydrogen) atoms. The van der Waals surface area contributed by atoms with Gasteiger partial charge in [-0.3, -0.25) is 0 Å². The Bertz CT molecular complexity index is 521. The fourth-order valence-corrected chi connectivity index (χ4v) is 1.88. The lowest BCUT2D eigenvalue weighted by Crippen LogP contribution is -2.05. The Morgan fingerprint density at radius 2 is 2.22 bits per heavy atom. The zero-order chi connectivity index (χ0) is 13.0. The topological polar surface area (TPSA) is 52.0 Å². The maximum atomic E-state index is 5.35. The number of rotatable bonds is 5. The summed E-state index contributed by atoms with van der Waals surface area (Å²) in [4.78, 5) is 0. The fourth-order valence-electron chi connectivity index (χ4n) is 1.88. The summed E-state index contributed by atoms with van der Waals surface area (Å²) >= 11 is 0. The number of aryl methyl sites for hydroxylation is 1. The van der Waals surface area contributed by atoms with Crippen LogP contribution in [0.5, 0.6) is 5.75 Å². The van der Waals surface area contributed by atoms with Crippen molar-refractivity contribution in [2.45, 2.75) is 20.0 Å². The Morgan fingerprint density at radius 1 is 1.39 bits per heavy atom. The third kappa shape index (κ3) is 2.87. The van der Waals surface area contributed by atoms with Gasteiger partial charge in [-0.15, -0.1) is 5.10 Å². The first-order chi connectivity index (χ1) is 8.72. The summed E-state index contributed by atoms with van der Waals surface area (Å²) in [7, 11) is 3.57. The van der Waals surface area contributed by atoms with Gasteiger partial charge in [-0.2, -0.15) is 0 Å². The van der Waals surface area contributed by atoms with Crippen LogP contribution in [-0.2, 0) is 13.1 Å². The molecule has 2 rings (SSSR count). The van der Waals surface area contributed by atoms with Crippen LogP contribution in [0.1, 0.15) is 16.8 Å². The van der Waals surface area contributed by atoms with E-state index < -0.39 is 0 Å². The Labute approximate surface area is 107 Å². The second-order valence-corrected chi connectivity index (χ2v) is 4.25. The Morgan fingerprint density at radius 3 is 2.94 bits per heavy atom. The van der Waals surface area contributed by atoms with Gasteiger partial charge in [0.05, 0.1) is 25.5 Å². The van der Waals surface area contributed by atoms with Gasteiger partial charge in [0.25, 0.3) is 0 Å². The number of nitrogens with zero attached hydrogens (tertiary/aromatic N) is 3. The first kappa shape index (κ1) is 12.6. The normalized spacial score (nSPS) is 10.6. The van der Waals surface area contributed by atoms with Gasteiger partial charge in [0.2, 0.25) is 0 Å². The molecule has 0 bridgehead atoms. The zero-order valence-electron chi connectivity index (χ0n) is 11.0. The molecule has 1 heterocycles. The number of methoxy groups -OCH3 is 1. The lowest BCUT2D eigenvalue weighted by Gasteiger charge is -2.09. The Hall–Kier alpha value is -1.88. The van der Waals surface area contributed by atoms with Gasteiger partial charge in [-0.1, -0.05) is 22.9 Å². The Kier molecular flexibility index (Phi) is 3.94. The van der Waals surface area contributed by atoms with Crippen LogP contribution in [0, 0.1) is 6.92 Å². The summed E-state index contributed by atoms with van der Waals surface area (Å²) in [6.45, 7) is 3.46. The van der Waals surface area contributed by atoms with E-state index >= 15 is 0 Å². The molecule has 1 N–H and O–H groups in total. The van der Waals surface area contributed by atoms with Gasteiger partial charge in [0.15, 0.2) is 0 Å². The van der Waals surface area contributed by atoms with Crippen molar-refractivity contribution in [3.05, 3.63) is 41.2 Å². The van der Waals surface area contributed by atoms with Gasteiger partial charge < -0.3 is 10.1 Å². The highest BCUT2D eigenvalue weighted by Crippen LogP contribution is 2.20. The molecule has 0 amide bonds. The van der Waals surface area contributed by atoms with Crippen LogP contribution in [0.4, 0.5) is 0 Å². The lowest BCUT2D eigenvalue weighted by atomic mass is 10.1. The molecule has 1 aromatic heterocycles. The zero-order valence-corrected chi connectivity index (χ0v) is 11.0. The van der Waals surface area contributed by atoms with Crippen LogP contribution in [0.25, 0.3) is 0 Å². The molecule has 0 aliphatic rings. The molecule has 0 aliphatic carbocycles. The van der Waals surface area contributed by atoms with Crippen LogP contribution in [0.3, 0.4) is 0 Å². The third-order valence-electron chi connectivity index (χ3n) is 2.71. The molecule has 0 radical (unpaired) electrons. The summed E-state index contributed by atoms with van der Waals surface area (Å²) in [6, 6.07) is 6.13. The Balaban J connectivity index is 2.19. The standard InChI is InChI=1S/C13H18N4O/c1-10-4-5-13(18-3)11(6-10)8-17-9-12(7-14-2)15-16-17/h4-6,9,14H,7-8H2,1-3H3. The molecule has 1 aromatic carbocycles. The van der Waals surface area contributed by atoms with Crippen LogP contribution in [-0.4, -0.2) is 29.2 Å². The first-order valence-electron chi connectivity index (χ1n) is 5.90. The molecule has 2 aromatic rings. The summed E-state index contributed by atoms with van der Waals surface area (Å²) in [5.74, 6) is 0.881. The second-order valence-electron chi connectivity index (χ2n) is 4.25.